The maximum Gasteiger partial charge on any atom is 0.187 e. The zero-order valence-corrected chi connectivity index (χ0v) is 3.74. The summed E-state index contributed by atoms with van der Waals surface area (Å²) in [6, 6.07) is 0. The standard InChI is InChI=1S/Al.Mn.H3OP.3H/c;;1-2;;;/h;;1H,2H2;;;. The van der Waals surface area contributed by atoms with Crippen molar-refractivity contribution < 1.29 is 22.0 Å². The summed E-state index contributed by atoms with van der Waals surface area (Å²) in [4.78, 5) is 6.92. The van der Waals surface area contributed by atoms with Gasteiger partial charge >= 0.3 is 0 Å². The summed E-state index contributed by atoms with van der Waals surface area (Å²) in [6.45, 7) is 0. The summed E-state index contributed by atoms with van der Waals surface area (Å²) in [5.74, 6) is 0. The third-order valence-electron chi connectivity index (χ3n) is 0. The molecular formula is H6AlMnOP. The molecule has 0 saturated carbocycles. The van der Waals surface area contributed by atoms with Crippen LogP contribution in [0.25, 0.3) is 0 Å². The molecule has 0 aliphatic rings. The molecule has 0 aromatic carbocycles. The Morgan fingerprint density at radius 3 is 1.25 bits per heavy atom. The van der Waals surface area contributed by atoms with E-state index in [0.29, 0.717) is 0 Å². The normalized spacial score (nSPS) is 1.50. The number of hydrogen-bond acceptors (Lipinski definition) is 1. The van der Waals surface area contributed by atoms with E-state index < -0.39 is 0 Å². The summed E-state index contributed by atoms with van der Waals surface area (Å²) >= 11 is 0. The van der Waals surface area contributed by atoms with Crippen LogP contribution in [0.5, 0.6) is 0 Å². The van der Waals surface area contributed by atoms with Gasteiger partial charge in [0, 0.05) is 17.1 Å². The molecule has 0 spiro atoms. The van der Waals surface area contributed by atoms with Gasteiger partial charge in [-0.05, 0) is 9.47 Å². The van der Waals surface area contributed by atoms with Crippen LogP contribution >= 0.6 is 9.47 Å². The maximum atomic E-state index is 6.92. The van der Waals surface area contributed by atoms with Crippen molar-refractivity contribution in [2.45, 2.75) is 0 Å². The van der Waals surface area contributed by atoms with Crippen LogP contribution in [0.4, 0.5) is 0 Å². The molecule has 0 fully saturated rings. The fourth-order valence-electron chi connectivity index (χ4n) is 0. The van der Waals surface area contributed by atoms with Gasteiger partial charge in [-0.3, -0.25) is 0 Å². The van der Waals surface area contributed by atoms with E-state index in [2.05, 4.69) is 0 Å². The molecule has 4 heteroatoms. The summed E-state index contributed by atoms with van der Waals surface area (Å²) in [5, 5.41) is 0. The Balaban J connectivity index is -0.00000000500. The predicted octanol–water partition coefficient (Wildman–Crippen LogP) is -1.42. The van der Waals surface area contributed by atoms with E-state index in [4.69, 9.17) is 4.89 Å². The van der Waals surface area contributed by atoms with Crippen molar-refractivity contribution in [1.29, 1.82) is 0 Å². The Bertz CT molecular complexity index is 8.00. The number of rotatable bonds is 0. The van der Waals surface area contributed by atoms with Gasteiger partial charge in [-0.1, -0.05) is 0 Å². The van der Waals surface area contributed by atoms with Gasteiger partial charge in [-0.15, -0.1) is 0 Å². The molecule has 0 amide bonds. The molecule has 1 N–H and O–H groups in total. The summed E-state index contributed by atoms with van der Waals surface area (Å²) in [7, 11) is 1.42. The van der Waals surface area contributed by atoms with E-state index in [9.17, 15) is 0 Å². The van der Waals surface area contributed by atoms with Crippen molar-refractivity contribution in [1.82, 2.24) is 0 Å². The molecule has 0 heterocycles. The minimum absolute atomic E-state index is 0. The fraction of sp³-hybridized carbons (Fsp3) is 0. The van der Waals surface area contributed by atoms with E-state index in [1.54, 1.807) is 0 Å². The molecular weight excluding hydrogens is 129 g/mol. The second kappa shape index (κ2) is 25.3. The molecule has 1 nitrogen and oxygen atoms in total. The monoisotopic (exact) mass is 135 g/mol. The number of hydrogen-bond donors (Lipinski definition) is 1. The quantitative estimate of drug-likeness (QED) is 0.319. The molecule has 1 unspecified atom stereocenters. The zero-order chi connectivity index (χ0) is 2.00. The smallest absolute Gasteiger partial charge is 0.187 e. The van der Waals surface area contributed by atoms with Gasteiger partial charge in [-0.25, -0.2) is 0 Å². The van der Waals surface area contributed by atoms with Crippen LogP contribution in [0.3, 0.4) is 0 Å². The van der Waals surface area contributed by atoms with Crippen LogP contribution in [0.1, 0.15) is 0 Å². The Morgan fingerprint density at radius 1 is 1.25 bits per heavy atom. The molecule has 0 aliphatic carbocycles. The topological polar surface area (TPSA) is 20.2 Å². The minimum atomic E-state index is 0. The zero-order valence-electron chi connectivity index (χ0n) is 1.40. The Hall–Kier alpha value is 1.44. The van der Waals surface area contributed by atoms with Gasteiger partial charge < -0.3 is 4.89 Å². The predicted molar refractivity (Wildman–Crippen MR) is 21.9 cm³/mol. The van der Waals surface area contributed by atoms with Crippen molar-refractivity contribution >= 4 is 26.8 Å². The maximum absolute atomic E-state index is 6.92. The van der Waals surface area contributed by atoms with Crippen LogP contribution in [0.2, 0.25) is 0 Å². The van der Waals surface area contributed by atoms with Gasteiger partial charge in [0.25, 0.3) is 0 Å². The first-order valence-corrected chi connectivity index (χ1v) is 0.775. The van der Waals surface area contributed by atoms with Crippen LogP contribution in [0.15, 0.2) is 0 Å². The molecule has 27 valence electrons. The second-order valence-corrected chi connectivity index (χ2v) is 0. The SMILES string of the molecule is OP.[AlH3].[Mn]. The molecule has 4 heavy (non-hydrogen) atoms. The van der Waals surface area contributed by atoms with E-state index in [-0.39, 0.29) is 34.4 Å². The van der Waals surface area contributed by atoms with E-state index in [1.165, 1.54) is 9.47 Å². The third kappa shape index (κ3) is 9.87. The van der Waals surface area contributed by atoms with Crippen LogP contribution < -0.4 is 0 Å². The third-order valence-corrected chi connectivity index (χ3v) is 0. The largest absolute Gasteiger partial charge is 0.380 e. The van der Waals surface area contributed by atoms with Crippen molar-refractivity contribution in [3.63, 3.8) is 0 Å². The van der Waals surface area contributed by atoms with Crippen molar-refractivity contribution in [2.75, 3.05) is 0 Å². The molecule has 0 aromatic rings. The molecule has 0 aliphatic heterocycles. The summed E-state index contributed by atoms with van der Waals surface area (Å²) in [6.07, 6.45) is 0. The molecule has 0 aromatic heterocycles. The Kier molecular flexibility index (Phi) is 114. The first kappa shape index (κ1) is 18.0. The summed E-state index contributed by atoms with van der Waals surface area (Å²) in [5.41, 5.74) is 0. The molecule has 0 bridgehead atoms. The Morgan fingerprint density at radius 2 is 1.25 bits per heavy atom. The van der Waals surface area contributed by atoms with Crippen LogP contribution in [-0.2, 0) is 17.1 Å². The first-order valence-electron chi connectivity index (χ1n) is 0.258. The summed E-state index contributed by atoms with van der Waals surface area (Å²) < 4.78 is 0. The average Bonchev–Trinajstić information content (AvgIpc) is 1.00. The van der Waals surface area contributed by atoms with Gasteiger partial charge in [0.15, 0.2) is 17.4 Å². The first-order chi connectivity index (χ1) is 1.00. The van der Waals surface area contributed by atoms with Crippen molar-refractivity contribution in [3.05, 3.63) is 0 Å². The van der Waals surface area contributed by atoms with Gasteiger partial charge in [0.2, 0.25) is 0 Å². The van der Waals surface area contributed by atoms with Crippen LogP contribution in [0, 0.1) is 0 Å². The van der Waals surface area contributed by atoms with Gasteiger partial charge in [0.05, 0.1) is 0 Å². The van der Waals surface area contributed by atoms with E-state index >= 15 is 0 Å². The Labute approximate surface area is 49.1 Å². The van der Waals surface area contributed by atoms with Crippen molar-refractivity contribution in [3.8, 4) is 0 Å². The van der Waals surface area contributed by atoms with Gasteiger partial charge in [-0.2, -0.15) is 0 Å². The minimum Gasteiger partial charge on any atom is -0.380 e. The average molecular weight is 135 g/mol. The van der Waals surface area contributed by atoms with Crippen molar-refractivity contribution in [2.24, 2.45) is 0 Å². The van der Waals surface area contributed by atoms with Crippen LogP contribution in [-0.4, -0.2) is 22.3 Å². The molecule has 0 rings (SSSR count). The second-order valence-electron chi connectivity index (χ2n) is 0. The fourth-order valence-corrected chi connectivity index (χ4v) is 0. The van der Waals surface area contributed by atoms with E-state index in [1.807, 2.05) is 0 Å². The van der Waals surface area contributed by atoms with E-state index in [0.717, 1.165) is 0 Å². The van der Waals surface area contributed by atoms with Gasteiger partial charge in [0.1, 0.15) is 0 Å². The molecule has 1 radical (unpaired) electrons. The molecule has 0 saturated heterocycles. The molecule has 1 atom stereocenters.